The van der Waals surface area contributed by atoms with E-state index in [0.717, 1.165) is 5.56 Å². The van der Waals surface area contributed by atoms with Gasteiger partial charge in [-0.25, -0.2) is 4.79 Å². The summed E-state index contributed by atoms with van der Waals surface area (Å²) in [4.78, 5) is 11.7. The third-order valence-electron chi connectivity index (χ3n) is 3.77. The molecule has 2 atom stereocenters. The van der Waals surface area contributed by atoms with Gasteiger partial charge < -0.3 is 26.0 Å². The van der Waals surface area contributed by atoms with E-state index in [4.69, 9.17) is 10.5 Å². The molecule has 0 aliphatic carbocycles. The van der Waals surface area contributed by atoms with Crippen molar-refractivity contribution in [1.82, 2.24) is 5.32 Å². The first-order valence-corrected chi connectivity index (χ1v) is 7.64. The second-order valence-corrected chi connectivity index (χ2v) is 5.52. The van der Waals surface area contributed by atoms with Crippen molar-refractivity contribution >= 4 is 11.8 Å². The first-order chi connectivity index (χ1) is 11.5. The van der Waals surface area contributed by atoms with Crippen molar-refractivity contribution in [2.24, 2.45) is 0 Å². The van der Waals surface area contributed by atoms with Crippen molar-refractivity contribution in [1.29, 1.82) is 0 Å². The van der Waals surface area contributed by atoms with Crippen LogP contribution in [0.5, 0.6) is 0 Å². The summed E-state index contributed by atoms with van der Waals surface area (Å²) < 4.78 is 5.04. The number of alkyl carbamates (subject to hydrolysis) is 1. The number of carbonyl (C=O) groups excluding carboxylic acids is 1. The van der Waals surface area contributed by atoms with Crippen LogP contribution in [0.2, 0.25) is 0 Å². The molecule has 0 aromatic heterocycles. The third kappa shape index (κ3) is 4.71. The smallest absolute Gasteiger partial charge is 0.407 e. The highest BCUT2D eigenvalue weighted by Crippen LogP contribution is 2.24. The van der Waals surface area contributed by atoms with E-state index in [0.29, 0.717) is 16.8 Å². The number of hydrogen-bond donors (Lipinski definition) is 4. The van der Waals surface area contributed by atoms with E-state index in [2.05, 4.69) is 5.32 Å². The van der Waals surface area contributed by atoms with Crippen molar-refractivity contribution in [3.8, 4) is 0 Å². The Kier molecular flexibility index (Phi) is 6.17. The van der Waals surface area contributed by atoms with Crippen LogP contribution in [0, 0.1) is 6.92 Å². The summed E-state index contributed by atoms with van der Waals surface area (Å²) in [5.41, 5.74) is 8.43. The van der Waals surface area contributed by atoms with E-state index in [1.165, 1.54) is 0 Å². The number of carbonyl (C=O) groups is 1. The number of amides is 1. The number of anilines is 1. The zero-order valence-electron chi connectivity index (χ0n) is 13.5. The second-order valence-electron chi connectivity index (χ2n) is 5.52. The Bertz CT molecular complexity index is 676. The number of aliphatic hydroxyl groups excluding tert-OH is 2. The highest BCUT2D eigenvalue weighted by molar-refractivity contribution is 5.67. The van der Waals surface area contributed by atoms with Gasteiger partial charge in [0, 0.05) is 12.2 Å². The predicted octanol–water partition coefficient (Wildman–Crippen LogP) is 1.90. The van der Waals surface area contributed by atoms with Crippen molar-refractivity contribution in [2.45, 2.75) is 25.7 Å². The van der Waals surface area contributed by atoms with Crippen LogP contribution >= 0.6 is 0 Å². The zero-order valence-corrected chi connectivity index (χ0v) is 13.5. The Morgan fingerprint density at radius 1 is 1.17 bits per heavy atom. The maximum absolute atomic E-state index is 11.7. The minimum Gasteiger partial charge on any atom is -0.445 e. The van der Waals surface area contributed by atoms with Crippen LogP contribution in [-0.4, -0.2) is 29.0 Å². The molecule has 0 saturated carbocycles. The lowest BCUT2D eigenvalue weighted by atomic mass is 9.98. The first-order valence-electron chi connectivity index (χ1n) is 7.64. The average molecular weight is 330 g/mol. The molecule has 0 aliphatic heterocycles. The Hall–Kier alpha value is -2.57. The average Bonchev–Trinajstić information content (AvgIpc) is 2.60. The van der Waals surface area contributed by atoms with Crippen LogP contribution in [0.25, 0.3) is 0 Å². The van der Waals surface area contributed by atoms with Crippen molar-refractivity contribution < 1.29 is 19.7 Å². The molecule has 2 aromatic carbocycles. The molecule has 2 unspecified atom stereocenters. The van der Waals surface area contributed by atoms with E-state index in [1.807, 2.05) is 30.3 Å². The molecule has 0 spiro atoms. The van der Waals surface area contributed by atoms with Gasteiger partial charge in [-0.15, -0.1) is 0 Å². The van der Waals surface area contributed by atoms with Crippen LogP contribution in [0.4, 0.5) is 10.5 Å². The Balaban J connectivity index is 1.82. The molecule has 0 aliphatic rings. The fourth-order valence-corrected chi connectivity index (χ4v) is 2.27. The highest BCUT2D eigenvalue weighted by Gasteiger charge is 2.21. The van der Waals surface area contributed by atoms with E-state index in [1.54, 1.807) is 25.1 Å². The van der Waals surface area contributed by atoms with Gasteiger partial charge in [-0.1, -0.05) is 42.5 Å². The molecule has 6 nitrogen and oxygen atoms in total. The summed E-state index contributed by atoms with van der Waals surface area (Å²) >= 11 is 0. The number of nitrogens with two attached hydrogens (primary N) is 1. The molecule has 0 bridgehead atoms. The van der Waals surface area contributed by atoms with Gasteiger partial charge in [0.25, 0.3) is 0 Å². The van der Waals surface area contributed by atoms with Gasteiger partial charge in [0.1, 0.15) is 18.8 Å². The lowest BCUT2D eigenvalue weighted by Gasteiger charge is -2.21. The fraction of sp³-hybridized carbons (Fsp3) is 0.278. The van der Waals surface area contributed by atoms with Crippen molar-refractivity contribution in [3.05, 3.63) is 65.2 Å². The summed E-state index contributed by atoms with van der Waals surface area (Å²) in [6.45, 7) is 1.77. The molecule has 128 valence electrons. The molecule has 24 heavy (non-hydrogen) atoms. The standard InChI is InChI=1S/C18H22N2O4/c1-12-14(8-5-9-15(12)19)17(22)16(21)10-20-18(23)24-11-13-6-3-2-4-7-13/h2-9,16-17,21-22H,10-11,19H2,1H3,(H,20,23). The SMILES string of the molecule is Cc1c(N)cccc1C(O)C(O)CNC(=O)OCc1ccccc1. The summed E-state index contributed by atoms with van der Waals surface area (Å²) in [7, 11) is 0. The normalized spacial score (nSPS) is 13.1. The number of rotatable bonds is 6. The largest absolute Gasteiger partial charge is 0.445 e. The number of nitrogen functional groups attached to an aromatic ring is 1. The summed E-state index contributed by atoms with van der Waals surface area (Å²) in [6, 6.07) is 14.4. The lowest BCUT2D eigenvalue weighted by Crippen LogP contribution is -2.36. The minimum atomic E-state index is -1.17. The topological polar surface area (TPSA) is 105 Å². The molecule has 2 aromatic rings. The zero-order chi connectivity index (χ0) is 17.5. The quantitative estimate of drug-likeness (QED) is 0.606. The van der Waals surface area contributed by atoms with Gasteiger partial charge in [0.2, 0.25) is 0 Å². The van der Waals surface area contributed by atoms with Crippen LogP contribution in [0.15, 0.2) is 48.5 Å². The molecule has 0 radical (unpaired) electrons. The van der Waals surface area contributed by atoms with E-state index >= 15 is 0 Å². The van der Waals surface area contributed by atoms with Gasteiger partial charge in [0.05, 0.1) is 0 Å². The molecule has 2 rings (SSSR count). The maximum Gasteiger partial charge on any atom is 0.407 e. The molecular weight excluding hydrogens is 308 g/mol. The summed E-state index contributed by atoms with van der Waals surface area (Å²) in [6.07, 6.45) is -2.98. The van der Waals surface area contributed by atoms with Crippen molar-refractivity contribution in [2.75, 3.05) is 12.3 Å². The summed E-state index contributed by atoms with van der Waals surface area (Å²) in [5, 5.41) is 22.7. The number of hydrogen-bond acceptors (Lipinski definition) is 5. The summed E-state index contributed by atoms with van der Waals surface area (Å²) in [5.74, 6) is 0. The number of benzene rings is 2. The molecule has 0 saturated heterocycles. The first kappa shape index (κ1) is 17.8. The van der Waals surface area contributed by atoms with Crippen LogP contribution < -0.4 is 11.1 Å². The van der Waals surface area contributed by atoms with Gasteiger partial charge in [-0.2, -0.15) is 0 Å². The second kappa shape index (κ2) is 8.33. The van der Waals surface area contributed by atoms with Gasteiger partial charge in [0.15, 0.2) is 0 Å². The Morgan fingerprint density at radius 2 is 1.88 bits per heavy atom. The lowest BCUT2D eigenvalue weighted by molar-refractivity contribution is 0.0181. The Morgan fingerprint density at radius 3 is 2.58 bits per heavy atom. The molecule has 1 amide bonds. The minimum absolute atomic E-state index is 0.136. The van der Waals surface area contributed by atoms with Gasteiger partial charge in [-0.05, 0) is 29.7 Å². The van der Waals surface area contributed by atoms with Crippen LogP contribution in [-0.2, 0) is 11.3 Å². The van der Waals surface area contributed by atoms with Crippen LogP contribution in [0.1, 0.15) is 22.8 Å². The van der Waals surface area contributed by atoms with Crippen LogP contribution in [0.3, 0.4) is 0 Å². The fourth-order valence-electron chi connectivity index (χ4n) is 2.27. The monoisotopic (exact) mass is 330 g/mol. The molecule has 0 heterocycles. The van der Waals surface area contributed by atoms with Gasteiger partial charge in [-0.3, -0.25) is 0 Å². The number of ether oxygens (including phenoxy) is 1. The van der Waals surface area contributed by atoms with E-state index < -0.39 is 18.3 Å². The molecule has 5 N–H and O–H groups in total. The highest BCUT2D eigenvalue weighted by atomic mass is 16.5. The third-order valence-corrected chi connectivity index (χ3v) is 3.77. The number of aliphatic hydroxyl groups is 2. The maximum atomic E-state index is 11.7. The predicted molar refractivity (Wildman–Crippen MR) is 91.2 cm³/mol. The number of nitrogens with one attached hydrogen (secondary N) is 1. The molecule has 0 fully saturated rings. The molecular formula is C18H22N2O4. The van der Waals surface area contributed by atoms with Gasteiger partial charge >= 0.3 is 6.09 Å². The molecule has 6 heteroatoms. The Labute approximate surface area is 140 Å². The van der Waals surface area contributed by atoms with Crippen molar-refractivity contribution in [3.63, 3.8) is 0 Å². The van der Waals surface area contributed by atoms with E-state index in [9.17, 15) is 15.0 Å². The van der Waals surface area contributed by atoms with E-state index in [-0.39, 0.29) is 13.2 Å².